The summed E-state index contributed by atoms with van der Waals surface area (Å²) in [5, 5.41) is 3.32. The summed E-state index contributed by atoms with van der Waals surface area (Å²) < 4.78 is 13.2. The van der Waals surface area contributed by atoms with Crippen LogP contribution in [0.15, 0.2) is 42.5 Å². The number of benzene rings is 2. The summed E-state index contributed by atoms with van der Waals surface area (Å²) in [6.45, 7) is 5.87. The molecule has 7 nitrogen and oxygen atoms in total. The summed E-state index contributed by atoms with van der Waals surface area (Å²) in [7, 11) is 2.01. The average Bonchev–Trinajstić information content (AvgIpc) is 3.24. The van der Waals surface area contributed by atoms with Crippen LogP contribution in [0.4, 0.5) is 10.1 Å². The Morgan fingerprint density at radius 1 is 0.919 bits per heavy atom. The van der Waals surface area contributed by atoms with Gasteiger partial charge in [0.15, 0.2) is 0 Å². The van der Waals surface area contributed by atoms with Gasteiger partial charge in [-0.15, -0.1) is 0 Å². The summed E-state index contributed by atoms with van der Waals surface area (Å²) in [5.74, 6) is -1.25. The molecule has 0 bridgehead atoms. The third-order valence-corrected chi connectivity index (χ3v) is 8.14. The van der Waals surface area contributed by atoms with Gasteiger partial charge in [-0.25, -0.2) is 4.39 Å². The highest BCUT2D eigenvalue weighted by Gasteiger charge is 2.40. The van der Waals surface area contributed by atoms with Crippen molar-refractivity contribution in [1.29, 1.82) is 0 Å². The fourth-order valence-corrected chi connectivity index (χ4v) is 5.83. The first-order valence-corrected chi connectivity index (χ1v) is 13.3. The highest BCUT2D eigenvalue weighted by Crippen LogP contribution is 2.38. The second-order valence-electron chi connectivity index (χ2n) is 10.7. The lowest BCUT2D eigenvalue weighted by Gasteiger charge is -2.33. The Morgan fingerprint density at radius 3 is 2.27 bits per heavy atom. The zero-order valence-electron chi connectivity index (χ0n) is 21.6. The molecular formula is C29H35FN4O3. The van der Waals surface area contributed by atoms with Crippen molar-refractivity contribution in [3.8, 4) is 0 Å². The van der Waals surface area contributed by atoms with Crippen molar-refractivity contribution >= 4 is 23.3 Å². The molecule has 2 fully saturated rings. The molecule has 5 rings (SSSR count). The molecule has 0 aromatic heterocycles. The number of carbonyl (C=O) groups excluding carboxylic acids is 3. The van der Waals surface area contributed by atoms with Crippen LogP contribution in [0.2, 0.25) is 0 Å². The summed E-state index contributed by atoms with van der Waals surface area (Å²) in [6.07, 6.45) is 2.68. The summed E-state index contributed by atoms with van der Waals surface area (Å²) >= 11 is 0. The van der Waals surface area contributed by atoms with Gasteiger partial charge < -0.3 is 20.0 Å². The van der Waals surface area contributed by atoms with E-state index in [4.69, 9.17) is 0 Å². The minimum Gasteiger partial charge on any atom is -0.381 e. The van der Waals surface area contributed by atoms with E-state index < -0.39 is 17.6 Å². The zero-order valence-corrected chi connectivity index (χ0v) is 21.6. The van der Waals surface area contributed by atoms with Gasteiger partial charge in [0, 0.05) is 56.6 Å². The van der Waals surface area contributed by atoms with Gasteiger partial charge in [0.2, 0.25) is 5.78 Å². The van der Waals surface area contributed by atoms with Crippen molar-refractivity contribution in [2.75, 3.05) is 51.6 Å². The second kappa shape index (κ2) is 10.6. The third kappa shape index (κ3) is 5.39. The second-order valence-corrected chi connectivity index (χ2v) is 10.7. The van der Waals surface area contributed by atoms with E-state index >= 15 is 0 Å². The van der Waals surface area contributed by atoms with Crippen molar-refractivity contribution in [1.82, 2.24) is 14.7 Å². The number of anilines is 1. The van der Waals surface area contributed by atoms with Crippen molar-refractivity contribution in [3.63, 3.8) is 0 Å². The number of Topliss-reactive ketones (excluding diaryl/α,β-unsaturated/α-hetero) is 1. The highest BCUT2D eigenvalue weighted by atomic mass is 19.1. The quantitative estimate of drug-likeness (QED) is 0.631. The number of halogens is 1. The van der Waals surface area contributed by atoms with E-state index in [1.807, 2.05) is 37.1 Å². The van der Waals surface area contributed by atoms with Crippen LogP contribution in [0.3, 0.4) is 0 Å². The number of likely N-dealkylation sites (tertiary alicyclic amines) is 1. The Bertz CT molecular complexity index is 1170. The molecule has 0 aliphatic carbocycles. The normalized spacial score (nSPS) is 22.5. The lowest BCUT2D eigenvalue weighted by molar-refractivity contribution is -0.146. The number of piperidine rings is 1. The predicted octanol–water partition coefficient (Wildman–Crippen LogP) is 3.16. The number of hydrogen-bond donors (Lipinski definition) is 1. The third-order valence-electron chi connectivity index (χ3n) is 8.14. The largest absolute Gasteiger partial charge is 0.381 e. The number of carbonyl (C=O) groups is 3. The monoisotopic (exact) mass is 506 g/mol. The Kier molecular flexibility index (Phi) is 7.29. The molecule has 0 spiro atoms. The molecule has 2 unspecified atom stereocenters. The molecule has 2 saturated heterocycles. The Balaban J connectivity index is 1.24. The molecule has 2 amide bonds. The first-order chi connectivity index (χ1) is 17.8. The fourth-order valence-electron chi connectivity index (χ4n) is 5.83. The predicted molar refractivity (Wildman–Crippen MR) is 140 cm³/mol. The molecule has 3 aliphatic heterocycles. The molecule has 0 saturated carbocycles. The van der Waals surface area contributed by atoms with Crippen molar-refractivity contribution in [2.45, 2.75) is 38.1 Å². The fraction of sp³-hybridized carbons (Fsp3) is 0.483. The number of nitrogens with zero attached hydrogens (tertiary/aromatic N) is 3. The van der Waals surface area contributed by atoms with Gasteiger partial charge >= 0.3 is 0 Å². The van der Waals surface area contributed by atoms with Crippen molar-refractivity contribution in [3.05, 3.63) is 65.0 Å². The van der Waals surface area contributed by atoms with Crippen LogP contribution in [-0.4, -0.2) is 84.7 Å². The number of rotatable bonds is 5. The maximum absolute atomic E-state index is 13.4. The topological polar surface area (TPSA) is 73.0 Å². The zero-order chi connectivity index (χ0) is 26.1. The Morgan fingerprint density at radius 2 is 1.59 bits per heavy atom. The van der Waals surface area contributed by atoms with Crippen LogP contribution in [-0.2, 0) is 16.0 Å². The molecular weight excluding hydrogens is 471 g/mol. The maximum atomic E-state index is 13.4. The minimum atomic E-state index is -0.601. The molecule has 8 heteroatoms. The van der Waals surface area contributed by atoms with Gasteiger partial charge in [-0.2, -0.15) is 0 Å². The minimum absolute atomic E-state index is 0.0424. The molecule has 3 heterocycles. The summed E-state index contributed by atoms with van der Waals surface area (Å²) in [5.41, 5.74) is 3.22. The molecule has 0 radical (unpaired) electrons. The highest BCUT2D eigenvalue weighted by molar-refractivity contribution is 6.38. The van der Waals surface area contributed by atoms with Crippen LogP contribution >= 0.6 is 0 Å². The van der Waals surface area contributed by atoms with Crippen LogP contribution in [0, 0.1) is 11.7 Å². The van der Waals surface area contributed by atoms with Crippen LogP contribution in [0.1, 0.15) is 47.2 Å². The molecule has 37 heavy (non-hydrogen) atoms. The van der Waals surface area contributed by atoms with E-state index in [1.54, 1.807) is 17.0 Å². The van der Waals surface area contributed by atoms with Gasteiger partial charge in [-0.1, -0.05) is 12.1 Å². The number of likely N-dealkylation sites (N-methyl/N-ethyl adjacent to an activating group) is 1. The SMILES string of the molecule is CC1Nc2ccc(C(=O)N3CCC(Cc4ccc(F)cc4)CC3)cc2C1C(=O)C(=O)N1CCN(C)CC1. The van der Waals surface area contributed by atoms with Gasteiger partial charge in [0.1, 0.15) is 5.82 Å². The molecule has 2 aromatic carbocycles. The first kappa shape index (κ1) is 25.4. The summed E-state index contributed by atoms with van der Waals surface area (Å²) in [4.78, 5) is 45.4. The van der Waals surface area contributed by atoms with E-state index in [1.165, 1.54) is 12.1 Å². The molecule has 196 valence electrons. The van der Waals surface area contributed by atoms with Crippen molar-refractivity contribution in [2.24, 2.45) is 5.92 Å². The van der Waals surface area contributed by atoms with E-state index in [0.29, 0.717) is 37.7 Å². The molecule has 1 N–H and O–H groups in total. The lowest BCUT2D eigenvalue weighted by Crippen LogP contribution is -2.50. The Hall–Kier alpha value is -3.26. The van der Waals surface area contributed by atoms with Crippen LogP contribution < -0.4 is 5.32 Å². The maximum Gasteiger partial charge on any atom is 0.290 e. The number of fused-ring (bicyclic) bond motifs is 1. The summed E-state index contributed by atoms with van der Waals surface area (Å²) in [6, 6.07) is 11.9. The van der Waals surface area contributed by atoms with E-state index in [2.05, 4.69) is 10.2 Å². The van der Waals surface area contributed by atoms with Crippen molar-refractivity contribution < 1.29 is 18.8 Å². The van der Waals surface area contributed by atoms with Crippen LogP contribution in [0.5, 0.6) is 0 Å². The number of nitrogens with one attached hydrogen (secondary N) is 1. The number of ketones is 1. The molecule has 2 aromatic rings. The van der Waals surface area contributed by atoms with Gasteiger partial charge in [-0.05, 0) is 80.6 Å². The van der Waals surface area contributed by atoms with Gasteiger partial charge in [-0.3, -0.25) is 14.4 Å². The first-order valence-electron chi connectivity index (χ1n) is 13.3. The number of piperazine rings is 1. The van der Waals surface area contributed by atoms with E-state index in [0.717, 1.165) is 49.2 Å². The molecule has 3 aliphatic rings. The standard InChI is InChI=1S/C29H35FN4O3/c1-19-26(27(35)29(37)34-15-13-32(2)14-16-34)24-18-22(5-8-25(24)31-19)28(36)33-11-9-21(10-12-33)17-20-3-6-23(30)7-4-20/h3-8,18-19,21,26,31H,9-17H2,1-2H3. The molecule has 2 atom stereocenters. The lowest BCUT2D eigenvalue weighted by atomic mass is 9.88. The van der Waals surface area contributed by atoms with E-state index in [9.17, 15) is 18.8 Å². The van der Waals surface area contributed by atoms with Gasteiger partial charge in [0.25, 0.3) is 11.8 Å². The van der Waals surface area contributed by atoms with Crippen LogP contribution in [0.25, 0.3) is 0 Å². The Labute approximate surface area is 217 Å². The average molecular weight is 507 g/mol. The smallest absolute Gasteiger partial charge is 0.290 e. The van der Waals surface area contributed by atoms with Gasteiger partial charge in [0.05, 0.1) is 5.92 Å². The number of hydrogen-bond acceptors (Lipinski definition) is 5. The number of amides is 2. The van der Waals surface area contributed by atoms with E-state index in [-0.39, 0.29) is 17.8 Å².